The summed E-state index contributed by atoms with van der Waals surface area (Å²) in [4.78, 5) is 12.4. The van der Waals surface area contributed by atoms with E-state index in [1.54, 1.807) is 16.9 Å². The Morgan fingerprint density at radius 3 is 3.20 bits per heavy atom. The number of carbonyl (C=O) groups is 1. The van der Waals surface area contributed by atoms with Crippen LogP contribution in [0.1, 0.15) is 48.1 Å². The van der Waals surface area contributed by atoms with Gasteiger partial charge in [-0.25, -0.2) is 0 Å². The molecule has 2 aromatic rings. The first-order valence-corrected chi connectivity index (χ1v) is 7.00. The Hall–Kier alpha value is -2.11. The van der Waals surface area contributed by atoms with Crippen LogP contribution in [0.4, 0.5) is 0 Å². The summed E-state index contributed by atoms with van der Waals surface area (Å²) in [6.07, 6.45) is 6.27. The molecule has 2 aromatic heterocycles. The van der Waals surface area contributed by atoms with E-state index in [-0.39, 0.29) is 18.0 Å². The Labute approximate surface area is 117 Å². The van der Waals surface area contributed by atoms with E-state index in [0.717, 1.165) is 25.0 Å². The number of hydrogen-bond acceptors (Lipinski definition) is 3. The zero-order valence-electron chi connectivity index (χ0n) is 11.8. The molecule has 0 saturated carbocycles. The van der Waals surface area contributed by atoms with E-state index in [2.05, 4.69) is 20.6 Å². The minimum atomic E-state index is -0.0517. The second kappa shape index (κ2) is 5.11. The van der Waals surface area contributed by atoms with Crippen LogP contribution >= 0.6 is 0 Å². The molecule has 1 aliphatic carbocycles. The summed E-state index contributed by atoms with van der Waals surface area (Å²) in [7, 11) is 0. The Balaban J connectivity index is 1.69. The van der Waals surface area contributed by atoms with Gasteiger partial charge in [-0.15, -0.1) is 0 Å². The minimum absolute atomic E-state index is 0.0517. The maximum Gasteiger partial charge on any atom is 0.269 e. The van der Waals surface area contributed by atoms with Crippen LogP contribution in [0, 0.1) is 0 Å². The highest BCUT2D eigenvalue weighted by Crippen LogP contribution is 2.19. The van der Waals surface area contributed by atoms with Gasteiger partial charge in [-0.3, -0.25) is 14.6 Å². The molecule has 0 spiro atoms. The number of aromatic nitrogens is 4. The number of aryl methyl sites for hydroxylation is 1. The fourth-order valence-electron chi connectivity index (χ4n) is 2.70. The standard InChI is InChI=1S/C14H19N5O/c1-9(2)19-13(5-6-16-19)14(20)17-11-4-3-10-8-15-18-12(10)7-11/h5-6,8-9,11H,3-4,7H2,1-2H3,(H,15,18)(H,17,20)/t11-/m1/s1. The van der Waals surface area contributed by atoms with E-state index in [1.165, 1.54) is 5.56 Å². The first-order valence-electron chi connectivity index (χ1n) is 7.00. The van der Waals surface area contributed by atoms with E-state index in [4.69, 9.17) is 0 Å². The van der Waals surface area contributed by atoms with Crippen LogP contribution in [0.5, 0.6) is 0 Å². The molecule has 20 heavy (non-hydrogen) atoms. The van der Waals surface area contributed by atoms with Crippen LogP contribution < -0.4 is 5.32 Å². The van der Waals surface area contributed by atoms with Gasteiger partial charge in [0.1, 0.15) is 5.69 Å². The molecule has 1 amide bonds. The first kappa shape index (κ1) is 12.9. The van der Waals surface area contributed by atoms with Crippen molar-refractivity contribution in [1.29, 1.82) is 0 Å². The largest absolute Gasteiger partial charge is 0.348 e. The first-order chi connectivity index (χ1) is 9.65. The zero-order chi connectivity index (χ0) is 14.1. The van der Waals surface area contributed by atoms with E-state index in [0.29, 0.717) is 5.69 Å². The molecule has 6 nitrogen and oxygen atoms in total. The number of nitrogens with one attached hydrogen (secondary N) is 2. The fraction of sp³-hybridized carbons (Fsp3) is 0.500. The van der Waals surface area contributed by atoms with Crippen molar-refractivity contribution in [3.8, 4) is 0 Å². The lowest BCUT2D eigenvalue weighted by atomic mass is 9.94. The van der Waals surface area contributed by atoms with Gasteiger partial charge >= 0.3 is 0 Å². The fourth-order valence-corrected chi connectivity index (χ4v) is 2.70. The number of aromatic amines is 1. The van der Waals surface area contributed by atoms with Gasteiger partial charge in [-0.2, -0.15) is 10.2 Å². The molecule has 2 N–H and O–H groups in total. The van der Waals surface area contributed by atoms with Crippen LogP contribution in [0.15, 0.2) is 18.5 Å². The van der Waals surface area contributed by atoms with Crippen molar-refractivity contribution in [2.75, 3.05) is 0 Å². The van der Waals surface area contributed by atoms with Crippen LogP contribution in [0.25, 0.3) is 0 Å². The average Bonchev–Trinajstić information content (AvgIpc) is 3.06. The highest BCUT2D eigenvalue weighted by atomic mass is 16.2. The number of carbonyl (C=O) groups excluding carboxylic acids is 1. The van der Waals surface area contributed by atoms with Crippen molar-refractivity contribution < 1.29 is 4.79 Å². The summed E-state index contributed by atoms with van der Waals surface area (Å²) in [5, 5.41) is 14.4. The van der Waals surface area contributed by atoms with Gasteiger partial charge in [-0.1, -0.05) is 0 Å². The molecule has 0 unspecified atom stereocenters. The van der Waals surface area contributed by atoms with Gasteiger partial charge in [0, 0.05) is 30.4 Å². The molecule has 0 aliphatic heterocycles. The molecule has 106 valence electrons. The molecule has 0 bridgehead atoms. The predicted octanol–water partition coefficient (Wildman–Crippen LogP) is 1.47. The average molecular weight is 273 g/mol. The molecule has 0 fully saturated rings. The number of fused-ring (bicyclic) bond motifs is 1. The van der Waals surface area contributed by atoms with Crippen molar-refractivity contribution in [3.63, 3.8) is 0 Å². The molecule has 3 rings (SSSR count). The number of hydrogen-bond donors (Lipinski definition) is 2. The molecule has 2 heterocycles. The lowest BCUT2D eigenvalue weighted by Gasteiger charge is -2.23. The maximum atomic E-state index is 12.4. The van der Waals surface area contributed by atoms with Crippen LogP contribution in [-0.2, 0) is 12.8 Å². The van der Waals surface area contributed by atoms with Crippen LogP contribution in [-0.4, -0.2) is 31.9 Å². The smallest absolute Gasteiger partial charge is 0.269 e. The highest BCUT2D eigenvalue weighted by molar-refractivity contribution is 5.92. The van der Waals surface area contributed by atoms with E-state index >= 15 is 0 Å². The number of amides is 1. The molecule has 0 radical (unpaired) electrons. The van der Waals surface area contributed by atoms with Gasteiger partial charge in [0.25, 0.3) is 5.91 Å². The summed E-state index contributed by atoms with van der Waals surface area (Å²) in [6.45, 7) is 4.03. The molecule has 0 saturated heterocycles. The van der Waals surface area contributed by atoms with Gasteiger partial charge in [-0.05, 0) is 38.3 Å². The quantitative estimate of drug-likeness (QED) is 0.889. The topological polar surface area (TPSA) is 75.6 Å². The summed E-state index contributed by atoms with van der Waals surface area (Å²) < 4.78 is 1.75. The molecule has 1 atom stereocenters. The predicted molar refractivity (Wildman–Crippen MR) is 74.5 cm³/mol. The Morgan fingerprint density at radius 2 is 2.40 bits per heavy atom. The normalized spacial score (nSPS) is 18.1. The van der Waals surface area contributed by atoms with Gasteiger partial charge in [0.2, 0.25) is 0 Å². The lowest BCUT2D eigenvalue weighted by Crippen LogP contribution is -2.39. The maximum absolute atomic E-state index is 12.4. The third-order valence-corrected chi connectivity index (χ3v) is 3.75. The minimum Gasteiger partial charge on any atom is -0.348 e. The molecular formula is C14H19N5O. The summed E-state index contributed by atoms with van der Waals surface area (Å²) in [5.41, 5.74) is 3.03. The van der Waals surface area contributed by atoms with Crippen molar-refractivity contribution in [2.24, 2.45) is 0 Å². The SMILES string of the molecule is CC(C)n1nccc1C(=O)N[C@@H]1CCc2cn[nH]c2C1. The van der Waals surface area contributed by atoms with Gasteiger partial charge in [0.05, 0.1) is 6.20 Å². The number of rotatable bonds is 3. The summed E-state index contributed by atoms with van der Waals surface area (Å²) in [6, 6.07) is 2.10. The lowest BCUT2D eigenvalue weighted by molar-refractivity contribution is 0.0920. The monoisotopic (exact) mass is 273 g/mol. The van der Waals surface area contributed by atoms with Crippen molar-refractivity contribution in [2.45, 2.75) is 45.2 Å². The van der Waals surface area contributed by atoms with E-state index in [1.807, 2.05) is 20.0 Å². The number of H-pyrrole nitrogens is 1. The zero-order valence-corrected chi connectivity index (χ0v) is 11.8. The van der Waals surface area contributed by atoms with E-state index in [9.17, 15) is 4.79 Å². The van der Waals surface area contributed by atoms with E-state index < -0.39 is 0 Å². The Morgan fingerprint density at radius 1 is 1.55 bits per heavy atom. The van der Waals surface area contributed by atoms with Crippen LogP contribution in [0.2, 0.25) is 0 Å². The molecule has 6 heteroatoms. The molecular weight excluding hydrogens is 254 g/mol. The van der Waals surface area contributed by atoms with Gasteiger partial charge < -0.3 is 5.32 Å². The Bertz CT molecular complexity index is 613. The second-order valence-electron chi connectivity index (χ2n) is 5.54. The summed E-state index contributed by atoms with van der Waals surface area (Å²) >= 11 is 0. The van der Waals surface area contributed by atoms with Crippen molar-refractivity contribution >= 4 is 5.91 Å². The summed E-state index contributed by atoms with van der Waals surface area (Å²) in [5.74, 6) is -0.0517. The molecule has 1 aliphatic rings. The highest BCUT2D eigenvalue weighted by Gasteiger charge is 2.23. The third kappa shape index (κ3) is 2.33. The van der Waals surface area contributed by atoms with Gasteiger partial charge in [0.15, 0.2) is 0 Å². The molecule has 0 aromatic carbocycles. The Kier molecular flexibility index (Phi) is 3.30. The van der Waals surface area contributed by atoms with Crippen molar-refractivity contribution in [1.82, 2.24) is 25.3 Å². The van der Waals surface area contributed by atoms with Crippen LogP contribution in [0.3, 0.4) is 0 Å². The van der Waals surface area contributed by atoms with Crippen molar-refractivity contribution in [3.05, 3.63) is 35.4 Å². The number of nitrogens with zero attached hydrogens (tertiary/aromatic N) is 3. The third-order valence-electron chi connectivity index (χ3n) is 3.75. The second-order valence-corrected chi connectivity index (χ2v) is 5.54.